The lowest BCUT2D eigenvalue weighted by atomic mass is 10.0. The van der Waals surface area contributed by atoms with E-state index in [-0.39, 0.29) is 36.0 Å². The van der Waals surface area contributed by atoms with Crippen LogP contribution < -0.4 is 10.6 Å². The summed E-state index contributed by atoms with van der Waals surface area (Å²) in [5.74, 6) is 1.27. The molecule has 6 nitrogen and oxygen atoms in total. The third kappa shape index (κ3) is 9.41. The summed E-state index contributed by atoms with van der Waals surface area (Å²) in [7, 11) is 5.27. The van der Waals surface area contributed by atoms with Gasteiger partial charge >= 0.3 is 0 Å². The number of hydrogen-bond donors (Lipinski definition) is 2. The summed E-state index contributed by atoms with van der Waals surface area (Å²) in [4.78, 5) is 17.7. The minimum Gasteiger partial charge on any atom is -0.378 e. The molecule has 0 saturated heterocycles. The minimum atomic E-state index is 0. The van der Waals surface area contributed by atoms with E-state index in [2.05, 4.69) is 29.5 Å². The maximum Gasteiger partial charge on any atom is 0.253 e. The summed E-state index contributed by atoms with van der Waals surface area (Å²) >= 11 is 0. The van der Waals surface area contributed by atoms with Crippen molar-refractivity contribution >= 4 is 35.8 Å². The second kappa shape index (κ2) is 13.8. The fourth-order valence-electron chi connectivity index (χ4n) is 2.59. The number of nitrogens with one attached hydrogen (secondary N) is 2. The highest BCUT2D eigenvalue weighted by Crippen LogP contribution is 2.10. The Morgan fingerprint density at radius 3 is 2.30 bits per heavy atom. The number of carbonyl (C=O) groups excluding carboxylic acids is 1. The lowest BCUT2D eigenvalue weighted by Gasteiger charge is -2.21. The van der Waals surface area contributed by atoms with E-state index in [1.807, 2.05) is 31.2 Å². The summed E-state index contributed by atoms with van der Waals surface area (Å²) in [6.07, 6.45) is 1.19. The quantitative estimate of drug-likeness (QED) is 0.317. The van der Waals surface area contributed by atoms with Gasteiger partial charge in [0.15, 0.2) is 5.96 Å². The standard InChI is InChI=1S/C20H34N4O2.HI/c1-7-26-18(15(2)3)12-13-22-20(21-4)23-14-16-8-10-17(11-9-16)19(25)24(5)6;/h8-11,15,18H,7,12-14H2,1-6H3,(H2,21,22,23);1H. The molecule has 1 aromatic carbocycles. The van der Waals surface area contributed by atoms with Gasteiger partial charge in [0.1, 0.15) is 0 Å². The van der Waals surface area contributed by atoms with E-state index in [4.69, 9.17) is 4.74 Å². The van der Waals surface area contributed by atoms with E-state index in [0.717, 1.165) is 31.1 Å². The zero-order valence-electron chi connectivity index (χ0n) is 17.4. The fourth-order valence-corrected chi connectivity index (χ4v) is 2.59. The topological polar surface area (TPSA) is 66.0 Å². The van der Waals surface area contributed by atoms with Gasteiger partial charge in [-0.3, -0.25) is 9.79 Å². The molecule has 27 heavy (non-hydrogen) atoms. The van der Waals surface area contributed by atoms with E-state index < -0.39 is 0 Å². The van der Waals surface area contributed by atoms with Crippen molar-refractivity contribution < 1.29 is 9.53 Å². The second-order valence-corrected chi connectivity index (χ2v) is 6.78. The molecule has 1 amide bonds. The molecular weight excluding hydrogens is 455 g/mol. The molecule has 0 radical (unpaired) electrons. The molecule has 0 aromatic heterocycles. The van der Waals surface area contributed by atoms with Crippen LogP contribution in [-0.4, -0.2) is 57.2 Å². The van der Waals surface area contributed by atoms with Crippen LogP contribution in [0.5, 0.6) is 0 Å². The second-order valence-electron chi connectivity index (χ2n) is 6.78. The number of benzene rings is 1. The number of carbonyl (C=O) groups is 1. The number of hydrogen-bond acceptors (Lipinski definition) is 3. The van der Waals surface area contributed by atoms with Crippen LogP contribution >= 0.6 is 24.0 Å². The van der Waals surface area contributed by atoms with Crippen molar-refractivity contribution in [1.82, 2.24) is 15.5 Å². The van der Waals surface area contributed by atoms with E-state index in [1.54, 1.807) is 26.0 Å². The fraction of sp³-hybridized carbons (Fsp3) is 0.600. The van der Waals surface area contributed by atoms with Crippen LogP contribution in [0.2, 0.25) is 0 Å². The molecular formula is C20H35IN4O2. The molecule has 2 N–H and O–H groups in total. The van der Waals surface area contributed by atoms with Crippen LogP contribution in [0.1, 0.15) is 43.1 Å². The first-order valence-corrected chi connectivity index (χ1v) is 9.25. The highest BCUT2D eigenvalue weighted by molar-refractivity contribution is 14.0. The zero-order chi connectivity index (χ0) is 19.5. The molecule has 0 aliphatic rings. The van der Waals surface area contributed by atoms with Crippen LogP contribution in [0.25, 0.3) is 0 Å². The third-order valence-electron chi connectivity index (χ3n) is 4.14. The lowest BCUT2D eigenvalue weighted by Crippen LogP contribution is -2.38. The number of ether oxygens (including phenoxy) is 1. The van der Waals surface area contributed by atoms with Gasteiger partial charge in [-0.05, 0) is 37.0 Å². The van der Waals surface area contributed by atoms with Crippen molar-refractivity contribution in [1.29, 1.82) is 0 Å². The van der Waals surface area contributed by atoms with E-state index in [9.17, 15) is 4.79 Å². The Bertz CT molecular complexity index is 574. The predicted octanol–water partition coefficient (Wildman–Crippen LogP) is 3.12. The number of amides is 1. The Hall–Kier alpha value is -1.35. The monoisotopic (exact) mass is 490 g/mol. The molecule has 1 atom stereocenters. The average Bonchev–Trinajstić information content (AvgIpc) is 2.63. The van der Waals surface area contributed by atoms with Gasteiger partial charge in [-0.15, -0.1) is 24.0 Å². The lowest BCUT2D eigenvalue weighted by molar-refractivity contribution is 0.0258. The first-order chi connectivity index (χ1) is 12.4. The first kappa shape index (κ1) is 25.6. The first-order valence-electron chi connectivity index (χ1n) is 9.25. The molecule has 0 aliphatic heterocycles. The molecule has 0 aliphatic carbocycles. The van der Waals surface area contributed by atoms with E-state index in [1.165, 1.54) is 0 Å². The van der Waals surface area contributed by atoms with Gasteiger partial charge in [0.25, 0.3) is 5.91 Å². The summed E-state index contributed by atoms with van der Waals surface area (Å²) in [6.45, 7) is 8.58. The molecule has 1 rings (SSSR count). The van der Waals surface area contributed by atoms with Crippen molar-refractivity contribution in [3.8, 4) is 0 Å². The third-order valence-corrected chi connectivity index (χ3v) is 4.14. The van der Waals surface area contributed by atoms with E-state index >= 15 is 0 Å². The average molecular weight is 490 g/mol. The highest BCUT2D eigenvalue weighted by Gasteiger charge is 2.13. The van der Waals surface area contributed by atoms with Gasteiger partial charge in [-0.1, -0.05) is 26.0 Å². The molecule has 1 unspecified atom stereocenters. The predicted molar refractivity (Wildman–Crippen MR) is 123 cm³/mol. The van der Waals surface area contributed by atoms with Crippen LogP contribution in [0.4, 0.5) is 0 Å². The minimum absolute atomic E-state index is 0. The normalized spacial score (nSPS) is 12.3. The van der Waals surface area contributed by atoms with Crippen LogP contribution in [-0.2, 0) is 11.3 Å². The van der Waals surface area contributed by atoms with Crippen molar-refractivity contribution in [3.05, 3.63) is 35.4 Å². The van der Waals surface area contributed by atoms with Gasteiger partial charge in [0, 0.05) is 46.4 Å². The number of rotatable bonds is 9. The van der Waals surface area contributed by atoms with Crippen LogP contribution in [0.15, 0.2) is 29.3 Å². The largest absolute Gasteiger partial charge is 0.378 e. The molecule has 154 valence electrons. The Kier molecular flexibility index (Phi) is 13.1. The Labute approximate surface area is 181 Å². The number of guanidine groups is 1. The van der Waals surface area contributed by atoms with Gasteiger partial charge in [0.2, 0.25) is 0 Å². The molecule has 1 aromatic rings. The van der Waals surface area contributed by atoms with Crippen molar-refractivity contribution in [2.45, 2.75) is 39.8 Å². The molecule has 0 saturated carbocycles. The highest BCUT2D eigenvalue weighted by atomic mass is 127. The molecule has 0 spiro atoms. The number of halogens is 1. The maximum atomic E-state index is 11.9. The zero-order valence-corrected chi connectivity index (χ0v) is 19.7. The van der Waals surface area contributed by atoms with Gasteiger partial charge in [-0.2, -0.15) is 0 Å². The summed E-state index contributed by atoms with van der Waals surface area (Å²) in [6, 6.07) is 7.62. The summed E-state index contributed by atoms with van der Waals surface area (Å²) < 4.78 is 5.76. The van der Waals surface area contributed by atoms with Crippen LogP contribution in [0, 0.1) is 5.92 Å². The SMILES string of the molecule is CCOC(CCNC(=NC)NCc1ccc(C(=O)N(C)C)cc1)C(C)C.I. The Morgan fingerprint density at radius 1 is 1.19 bits per heavy atom. The molecule has 0 heterocycles. The molecule has 0 bridgehead atoms. The van der Waals surface area contributed by atoms with Gasteiger partial charge < -0.3 is 20.3 Å². The maximum absolute atomic E-state index is 11.9. The molecule has 7 heteroatoms. The Balaban J connectivity index is 0.00000676. The summed E-state index contributed by atoms with van der Waals surface area (Å²) in [5, 5.41) is 6.62. The van der Waals surface area contributed by atoms with Gasteiger partial charge in [0.05, 0.1) is 6.10 Å². The van der Waals surface area contributed by atoms with E-state index in [0.29, 0.717) is 18.0 Å². The van der Waals surface area contributed by atoms with Crippen molar-refractivity contribution in [3.63, 3.8) is 0 Å². The Morgan fingerprint density at radius 2 is 1.81 bits per heavy atom. The number of nitrogens with zero attached hydrogens (tertiary/aromatic N) is 2. The van der Waals surface area contributed by atoms with Crippen molar-refractivity contribution in [2.75, 3.05) is 34.3 Å². The van der Waals surface area contributed by atoms with Gasteiger partial charge in [-0.25, -0.2) is 0 Å². The molecule has 0 fully saturated rings. The smallest absolute Gasteiger partial charge is 0.253 e. The number of aliphatic imine (C=N–C) groups is 1. The van der Waals surface area contributed by atoms with Crippen molar-refractivity contribution in [2.24, 2.45) is 10.9 Å². The summed E-state index contributed by atoms with van der Waals surface area (Å²) in [5.41, 5.74) is 1.79. The van der Waals surface area contributed by atoms with Crippen LogP contribution in [0.3, 0.4) is 0 Å².